The molecule has 6 heteroatoms. The van der Waals surface area contributed by atoms with Gasteiger partial charge in [0, 0.05) is 15.1 Å². The van der Waals surface area contributed by atoms with E-state index < -0.39 is 0 Å². The van der Waals surface area contributed by atoms with Crippen LogP contribution in [0.4, 0.5) is 0 Å². The maximum atomic E-state index is 11.6. The second-order valence-electron chi connectivity index (χ2n) is 4.10. The Bertz CT molecular complexity index is 622. The first-order valence-corrected chi connectivity index (χ1v) is 8.10. The van der Waals surface area contributed by atoms with Crippen LogP contribution < -0.4 is 16.0 Å². The van der Waals surface area contributed by atoms with E-state index in [1.807, 2.05) is 30.3 Å². The Morgan fingerprint density at radius 1 is 1.19 bits per heavy atom. The van der Waals surface area contributed by atoms with Gasteiger partial charge in [0.1, 0.15) is 5.75 Å². The minimum Gasteiger partial charge on any atom is -0.492 e. The molecule has 0 aliphatic rings. The molecule has 21 heavy (non-hydrogen) atoms. The summed E-state index contributed by atoms with van der Waals surface area (Å²) in [6, 6.07) is 15.1. The van der Waals surface area contributed by atoms with Crippen molar-refractivity contribution in [2.24, 2.45) is 5.84 Å². The zero-order valence-electron chi connectivity index (χ0n) is 11.2. The van der Waals surface area contributed by atoms with E-state index in [9.17, 15) is 4.79 Å². The number of carbonyl (C=O) groups excluding carboxylic acids is 1. The number of thioether (sulfide) groups is 1. The van der Waals surface area contributed by atoms with Gasteiger partial charge in [-0.3, -0.25) is 10.2 Å². The average molecular weight is 367 g/mol. The lowest BCUT2D eigenvalue weighted by molar-refractivity contribution is 0.0950. The molecule has 0 heterocycles. The molecule has 4 nitrogen and oxygen atoms in total. The highest BCUT2D eigenvalue weighted by Crippen LogP contribution is 2.27. The standard InChI is InChI=1S/C15H15BrN2O2S/c16-12-6-2-4-8-14(12)21-10-9-20-13-7-3-1-5-11(13)15(19)18-17/h1-8H,9-10,17H2,(H,18,19). The summed E-state index contributed by atoms with van der Waals surface area (Å²) in [6.45, 7) is 0.501. The smallest absolute Gasteiger partial charge is 0.268 e. The number of nitrogens with one attached hydrogen (secondary N) is 1. The minimum atomic E-state index is -0.357. The van der Waals surface area contributed by atoms with Crippen molar-refractivity contribution in [1.29, 1.82) is 0 Å². The number of hydrazine groups is 1. The third-order valence-electron chi connectivity index (χ3n) is 2.70. The first-order chi connectivity index (χ1) is 10.2. The monoisotopic (exact) mass is 366 g/mol. The van der Waals surface area contributed by atoms with Crippen molar-refractivity contribution in [3.05, 3.63) is 58.6 Å². The zero-order valence-corrected chi connectivity index (χ0v) is 13.6. The fourth-order valence-electron chi connectivity index (χ4n) is 1.72. The summed E-state index contributed by atoms with van der Waals surface area (Å²) in [5.41, 5.74) is 2.55. The van der Waals surface area contributed by atoms with E-state index in [2.05, 4.69) is 21.4 Å². The normalized spacial score (nSPS) is 10.2. The summed E-state index contributed by atoms with van der Waals surface area (Å²) >= 11 is 5.19. The number of rotatable bonds is 6. The van der Waals surface area contributed by atoms with Crippen molar-refractivity contribution < 1.29 is 9.53 Å². The number of benzene rings is 2. The maximum absolute atomic E-state index is 11.6. The van der Waals surface area contributed by atoms with Gasteiger partial charge >= 0.3 is 0 Å². The topological polar surface area (TPSA) is 64.3 Å². The van der Waals surface area contributed by atoms with E-state index in [-0.39, 0.29) is 5.91 Å². The zero-order chi connectivity index (χ0) is 15.1. The molecule has 0 bridgehead atoms. The van der Waals surface area contributed by atoms with Crippen LogP contribution in [0.3, 0.4) is 0 Å². The van der Waals surface area contributed by atoms with E-state index in [1.165, 1.54) is 0 Å². The van der Waals surface area contributed by atoms with E-state index in [0.29, 0.717) is 17.9 Å². The number of hydrogen-bond acceptors (Lipinski definition) is 4. The molecule has 0 fully saturated rings. The number of para-hydroxylation sites is 1. The van der Waals surface area contributed by atoms with Crippen LogP contribution in [0.2, 0.25) is 0 Å². The quantitative estimate of drug-likeness (QED) is 0.271. The highest BCUT2D eigenvalue weighted by molar-refractivity contribution is 9.10. The molecule has 0 saturated carbocycles. The predicted octanol–water partition coefficient (Wildman–Crippen LogP) is 3.22. The molecule has 0 unspecified atom stereocenters. The Morgan fingerprint density at radius 2 is 1.90 bits per heavy atom. The Balaban J connectivity index is 1.90. The second kappa shape index (κ2) is 8.07. The summed E-state index contributed by atoms with van der Waals surface area (Å²) in [7, 11) is 0. The van der Waals surface area contributed by atoms with Crippen LogP contribution in [0.5, 0.6) is 5.75 Å². The van der Waals surface area contributed by atoms with Crippen LogP contribution in [0.1, 0.15) is 10.4 Å². The second-order valence-corrected chi connectivity index (χ2v) is 6.09. The third kappa shape index (κ3) is 4.49. The average Bonchev–Trinajstić information content (AvgIpc) is 2.52. The fourth-order valence-corrected chi connectivity index (χ4v) is 3.12. The number of carbonyl (C=O) groups is 1. The molecule has 2 aromatic rings. The summed E-state index contributed by atoms with van der Waals surface area (Å²) in [4.78, 5) is 12.8. The van der Waals surface area contributed by atoms with Crippen molar-refractivity contribution >= 4 is 33.6 Å². The Labute approximate surface area is 136 Å². The van der Waals surface area contributed by atoms with Gasteiger partial charge in [-0.2, -0.15) is 0 Å². The third-order valence-corrected chi connectivity index (χ3v) is 4.69. The first kappa shape index (κ1) is 15.9. The molecule has 3 N–H and O–H groups in total. The van der Waals surface area contributed by atoms with Gasteiger partial charge in [0.2, 0.25) is 0 Å². The largest absolute Gasteiger partial charge is 0.492 e. The number of ether oxygens (including phenoxy) is 1. The van der Waals surface area contributed by atoms with Crippen molar-refractivity contribution in [2.75, 3.05) is 12.4 Å². The molecule has 2 rings (SSSR count). The number of amides is 1. The molecule has 1 amide bonds. The fraction of sp³-hybridized carbons (Fsp3) is 0.133. The van der Waals surface area contributed by atoms with Crippen LogP contribution in [-0.4, -0.2) is 18.3 Å². The lowest BCUT2D eigenvalue weighted by Gasteiger charge is -2.10. The van der Waals surface area contributed by atoms with Gasteiger partial charge in [-0.25, -0.2) is 5.84 Å². The van der Waals surface area contributed by atoms with Crippen molar-refractivity contribution in [1.82, 2.24) is 5.43 Å². The number of nitrogen functional groups attached to an aromatic ring is 1. The maximum Gasteiger partial charge on any atom is 0.268 e. The number of hydrogen-bond donors (Lipinski definition) is 2. The molecule has 110 valence electrons. The Hall–Kier alpha value is -1.50. The molecular formula is C15H15BrN2O2S. The van der Waals surface area contributed by atoms with Crippen molar-refractivity contribution in [3.63, 3.8) is 0 Å². The van der Waals surface area contributed by atoms with Crippen molar-refractivity contribution in [3.8, 4) is 5.75 Å². The van der Waals surface area contributed by atoms with Crippen LogP contribution >= 0.6 is 27.7 Å². The summed E-state index contributed by atoms with van der Waals surface area (Å²) in [5.74, 6) is 6.11. The van der Waals surface area contributed by atoms with Gasteiger partial charge in [0.25, 0.3) is 5.91 Å². The number of halogens is 1. The van der Waals surface area contributed by atoms with Gasteiger partial charge in [-0.15, -0.1) is 11.8 Å². The molecule has 0 spiro atoms. The van der Waals surface area contributed by atoms with Gasteiger partial charge in [-0.05, 0) is 40.2 Å². The SMILES string of the molecule is NNC(=O)c1ccccc1OCCSc1ccccc1Br. The lowest BCUT2D eigenvalue weighted by Crippen LogP contribution is -2.30. The molecule has 2 aromatic carbocycles. The Kier molecular flexibility index (Phi) is 6.10. The highest BCUT2D eigenvalue weighted by atomic mass is 79.9. The summed E-state index contributed by atoms with van der Waals surface area (Å²) < 4.78 is 6.74. The number of nitrogens with two attached hydrogens (primary N) is 1. The van der Waals surface area contributed by atoms with Gasteiger partial charge in [0.15, 0.2) is 0 Å². The lowest BCUT2D eigenvalue weighted by atomic mass is 10.2. The van der Waals surface area contributed by atoms with Crippen LogP contribution in [0, 0.1) is 0 Å². The van der Waals surface area contributed by atoms with E-state index in [0.717, 1.165) is 15.1 Å². The predicted molar refractivity (Wildman–Crippen MR) is 88.5 cm³/mol. The first-order valence-electron chi connectivity index (χ1n) is 6.32. The van der Waals surface area contributed by atoms with E-state index >= 15 is 0 Å². The van der Waals surface area contributed by atoms with Gasteiger partial charge in [0.05, 0.1) is 12.2 Å². The molecular weight excluding hydrogens is 352 g/mol. The highest BCUT2D eigenvalue weighted by Gasteiger charge is 2.10. The molecule has 0 aromatic heterocycles. The van der Waals surface area contributed by atoms with Crippen LogP contribution in [0.25, 0.3) is 0 Å². The molecule has 0 aliphatic heterocycles. The van der Waals surface area contributed by atoms with Crippen LogP contribution in [-0.2, 0) is 0 Å². The van der Waals surface area contributed by atoms with E-state index in [1.54, 1.807) is 30.0 Å². The van der Waals surface area contributed by atoms with Crippen LogP contribution in [0.15, 0.2) is 57.9 Å². The van der Waals surface area contributed by atoms with Crippen molar-refractivity contribution in [2.45, 2.75) is 4.90 Å². The van der Waals surface area contributed by atoms with E-state index in [4.69, 9.17) is 10.6 Å². The molecule has 0 aliphatic carbocycles. The van der Waals surface area contributed by atoms with Gasteiger partial charge in [-0.1, -0.05) is 24.3 Å². The summed E-state index contributed by atoms with van der Waals surface area (Å²) in [6.07, 6.45) is 0. The molecule has 0 radical (unpaired) electrons. The molecule has 0 saturated heterocycles. The minimum absolute atomic E-state index is 0.357. The summed E-state index contributed by atoms with van der Waals surface area (Å²) in [5, 5.41) is 0. The van der Waals surface area contributed by atoms with Gasteiger partial charge < -0.3 is 4.74 Å². The molecule has 0 atom stereocenters. The Morgan fingerprint density at radius 3 is 2.67 bits per heavy atom.